The highest BCUT2D eigenvalue weighted by atomic mass is 16.5. The molecule has 0 aliphatic heterocycles. The fourth-order valence-corrected chi connectivity index (χ4v) is 2.86. The van der Waals surface area contributed by atoms with Gasteiger partial charge in [0, 0.05) is 24.3 Å². The van der Waals surface area contributed by atoms with Crippen molar-refractivity contribution in [1.82, 2.24) is 20.2 Å². The van der Waals surface area contributed by atoms with Gasteiger partial charge in [-0.15, -0.1) is 0 Å². The van der Waals surface area contributed by atoms with Crippen molar-refractivity contribution in [2.24, 2.45) is 0 Å². The van der Waals surface area contributed by atoms with Crippen molar-refractivity contribution in [2.75, 3.05) is 24.4 Å². The highest BCUT2D eigenvalue weighted by Gasteiger charge is 2.14. The van der Waals surface area contributed by atoms with Gasteiger partial charge in [0.15, 0.2) is 18.1 Å². The topological polar surface area (TPSA) is 103 Å². The van der Waals surface area contributed by atoms with Gasteiger partial charge < -0.3 is 20.1 Å². The Morgan fingerprint density at radius 2 is 1.97 bits per heavy atom. The number of tetrazole rings is 1. The summed E-state index contributed by atoms with van der Waals surface area (Å²) in [5.74, 6) is 1.37. The monoisotopic (exact) mass is 410 g/mol. The number of aromatic nitrogens is 4. The maximum absolute atomic E-state index is 12.3. The third-order valence-corrected chi connectivity index (χ3v) is 4.37. The molecule has 0 aliphatic carbocycles. The average Bonchev–Trinajstić information content (AvgIpc) is 3.20. The van der Waals surface area contributed by atoms with E-state index in [4.69, 9.17) is 9.47 Å². The molecule has 0 unspecified atom stereocenters. The number of hydrogen-bond donors (Lipinski definition) is 2. The van der Waals surface area contributed by atoms with Gasteiger partial charge >= 0.3 is 0 Å². The molecule has 3 rings (SSSR count). The van der Waals surface area contributed by atoms with E-state index in [1.165, 1.54) is 0 Å². The smallest absolute Gasteiger partial charge is 0.262 e. The minimum atomic E-state index is -0.254. The number of aryl methyl sites for hydroxylation is 2. The van der Waals surface area contributed by atoms with Crippen LogP contribution in [0.5, 0.6) is 11.5 Å². The zero-order valence-corrected chi connectivity index (χ0v) is 17.4. The van der Waals surface area contributed by atoms with Crippen molar-refractivity contribution >= 4 is 17.5 Å². The molecule has 0 saturated heterocycles. The molecule has 0 aliphatic rings. The molecule has 2 aromatic carbocycles. The van der Waals surface area contributed by atoms with Gasteiger partial charge in [0.2, 0.25) is 5.95 Å². The van der Waals surface area contributed by atoms with Crippen LogP contribution in [-0.4, -0.2) is 39.8 Å². The van der Waals surface area contributed by atoms with Crippen LogP contribution >= 0.6 is 0 Å². The van der Waals surface area contributed by atoms with Crippen molar-refractivity contribution in [3.05, 3.63) is 53.6 Å². The molecule has 0 fully saturated rings. The summed E-state index contributed by atoms with van der Waals surface area (Å²) < 4.78 is 13.0. The first-order valence-corrected chi connectivity index (χ1v) is 9.76. The zero-order chi connectivity index (χ0) is 21.3. The predicted octanol–water partition coefficient (Wildman–Crippen LogP) is 3.03. The van der Waals surface area contributed by atoms with Crippen LogP contribution in [0.15, 0.2) is 42.5 Å². The van der Waals surface area contributed by atoms with Crippen molar-refractivity contribution in [2.45, 2.75) is 33.4 Å². The fourth-order valence-electron chi connectivity index (χ4n) is 2.86. The number of anilines is 2. The van der Waals surface area contributed by atoms with Gasteiger partial charge in [0.1, 0.15) is 0 Å². The maximum atomic E-state index is 12.3. The molecule has 0 radical (unpaired) electrons. The van der Waals surface area contributed by atoms with Crippen LogP contribution in [0.4, 0.5) is 11.6 Å². The van der Waals surface area contributed by atoms with Crippen LogP contribution in [-0.2, 0) is 17.9 Å². The summed E-state index contributed by atoms with van der Waals surface area (Å²) in [6.07, 6.45) is 0.920. The van der Waals surface area contributed by atoms with E-state index < -0.39 is 0 Å². The Morgan fingerprint density at radius 1 is 1.17 bits per heavy atom. The van der Waals surface area contributed by atoms with Gasteiger partial charge in [-0.25, -0.2) is 4.68 Å². The number of amides is 1. The molecule has 1 amide bonds. The highest BCUT2D eigenvalue weighted by Crippen LogP contribution is 2.31. The largest absolute Gasteiger partial charge is 0.493 e. The lowest BCUT2D eigenvalue weighted by molar-refractivity contribution is -0.118. The van der Waals surface area contributed by atoms with E-state index >= 15 is 0 Å². The van der Waals surface area contributed by atoms with Crippen LogP contribution in [0.2, 0.25) is 0 Å². The van der Waals surface area contributed by atoms with Crippen LogP contribution in [0.25, 0.3) is 0 Å². The molecule has 0 atom stereocenters. The Morgan fingerprint density at radius 3 is 2.70 bits per heavy atom. The lowest BCUT2D eigenvalue weighted by Crippen LogP contribution is -2.21. The van der Waals surface area contributed by atoms with Crippen LogP contribution < -0.4 is 20.1 Å². The number of methoxy groups -OCH3 is 1. The second-order valence-corrected chi connectivity index (χ2v) is 6.73. The van der Waals surface area contributed by atoms with E-state index in [0.29, 0.717) is 24.0 Å². The van der Waals surface area contributed by atoms with Gasteiger partial charge in [-0.1, -0.05) is 41.9 Å². The highest BCUT2D eigenvalue weighted by molar-refractivity contribution is 5.91. The van der Waals surface area contributed by atoms with Crippen molar-refractivity contribution in [3.63, 3.8) is 0 Å². The first kappa shape index (κ1) is 21.1. The Hall–Kier alpha value is -3.62. The molecule has 3 aromatic rings. The average molecular weight is 410 g/mol. The summed E-state index contributed by atoms with van der Waals surface area (Å²) in [5, 5.41) is 17.7. The number of benzene rings is 2. The number of hydrogen-bond acceptors (Lipinski definition) is 7. The molecule has 9 heteroatoms. The van der Waals surface area contributed by atoms with Gasteiger partial charge in [-0.2, -0.15) is 0 Å². The van der Waals surface area contributed by atoms with Gasteiger partial charge in [0.25, 0.3) is 5.91 Å². The Bertz CT molecular complexity index is 971. The number of ether oxygens (including phenoxy) is 2. The molecule has 2 N–H and O–H groups in total. The molecule has 1 aromatic heterocycles. The molecule has 0 saturated carbocycles. The number of carbonyl (C=O) groups is 1. The fraction of sp³-hybridized carbons (Fsp3) is 0.333. The summed E-state index contributed by atoms with van der Waals surface area (Å²) in [5.41, 5.74) is 2.67. The first-order chi connectivity index (χ1) is 14.6. The van der Waals surface area contributed by atoms with E-state index in [2.05, 4.69) is 33.1 Å². The van der Waals surface area contributed by atoms with Crippen LogP contribution in [0.1, 0.15) is 24.5 Å². The van der Waals surface area contributed by atoms with Crippen LogP contribution in [0, 0.1) is 6.92 Å². The molecular formula is C21H26N6O3. The minimum Gasteiger partial charge on any atom is -0.493 e. The van der Waals surface area contributed by atoms with Gasteiger partial charge in [0.05, 0.1) is 7.11 Å². The van der Waals surface area contributed by atoms with Crippen molar-refractivity contribution in [3.8, 4) is 11.5 Å². The Balaban J connectivity index is 1.66. The molecule has 9 nitrogen and oxygen atoms in total. The molecule has 158 valence electrons. The standard InChI is InChI=1S/C21H26N6O3/c1-4-12-27-21(24-25-26-27)22-13-16-6-5-7-18(29-3)20(16)30-14-19(28)23-17-10-8-15(2)9-11-17/h5-11H,4,12-14H2,1-3H3,(H,23,28)(H,22,24,26). The molecular weight excluding hydrogens is 384 g/mol. The lowest BCUT2D eigenvalue weighted by Gasteiger charge is -2.15. The SMILES string of the molecule is CCCn1nnnc1NCc1cccc(OC)c1OCC(=O)Nc1ccc(C)cc1. The lowest BCUT2D eigenvalue weighted by atomic mass is 10.2. The van der Waals surface area contributed by atoms with Gasteiger partial charge in [-0.05, 0) is 42.0 Å². The number of nitrogens with zero attached hydrogens (tertiary/aromatic N) is 4. The molecule has 1 heterocycles. The number of rotatable bonds is 10. The normalized spacial score (nSPS) is 10.5. The summed E-state index contributed by atoms with van der Waals surface area (Å²) in [6.45, 7) is 5.04. The second kappa shape index (κ2) is 10.2. The molecule has 0 bridgehead atoms. The zero-order valence-electron chi connectivity index (χ0n) is 17.4. The summed E-state index contributed by atoms with van der Waals surface area (Å²) in [4.78, 5) is 12.3. The number of nitrogens with one attached hydrogen (secondary N) is 2. The maximum Gasteiger partial charge on any atom is 0.262 e. The third-order valence-electron chi connectivity index (χ3n) is 4.37. The summed E-state index contributed by atoms with van der Waals surface area (Å²) in [7, 11) is 1.56. The van der Waals surface area contributed by atoms with Crippen molar-refractivity contribution < 1.29 is 14.3 Å². The Kier molecular flexibility index (Phi) is 7.20. The molecule has 0 spiro atoms. The van der Waals surface area contributed by atoms with E-state index in [9.17, 15) is 4.79 Å². The Labute approximate surface area is 175 Å². The van der Waals surface area contributed by atoms with E-state index in [1.807, 2.05) is 43.3 Å². The number of para-hydroxylation sites is 1. The number of carbonyl (C=O) groups excluding carboxylic acids is 1. The summed E-state index contributed by atoms with van der Waals surface area (Å²) >= 11 is 0. The van der Waals surface area contributed by atoms with Crippen LogP contribution in [0.3, 0.4) is 0 Å². The second-order valence-electron chi connectivity index (χ2n) is 6.73. The first-order valence-electron chi connectivity index (χ1n) is 9.76. The van der Waals surface area contributed by atoms with E-state index in [-0.39, 0.29) is 12.5 Å². The van der Waals surface area contributed by atoms with Gasteiger partial charge in [-0.3, -0.25) is 4.79 Å². The summed E-state index contributed by atoms with van der Waals surface area (Å²) in [6, 6.07) is 13.1. The van der Waals surface area contributed by atoms with E-state index in [1.54, 1.807) is 17.9 Å². The van der Waals surface area contributed by atoms with Crippen molar-refractivity contribution in [1.29, 1.82) is 0 Å². The third kappa shape index (κ3) is 5.47. The van der Waals surface area contributed by atoms with E-state index in [0.717, 1.165) is 29.8 Å². The quantitative estimate of drug-likeness (QED) is 0.529. The molecule has 30 heavy (non-hydrogen) atoms. The minimum absolute atomic E-state index is 0.144. The predicted molar refractivity (Wildman–Crippen MR) is 114 cm³/mol.